The van der Waals surface area contributed by atoms with E-state index in [4.69, 9.17) is 0 Å². The van der Waals surface area contributed by atoms with Gasteiger partial charge >= 0.3 is 0 Å². The maximum absolute atomic E-state index is 13.4. The first-order valence-corrected chi connectivity index (χ1v) is 5.55. The lowest BCUT2D eigenvalue weighted by atomic mass is 10.1. The van der Waals surface area contributed by atoms with Crippen LogP contribution in [-0.4, -0.2) is 30.6 Å². The zero-order chi connectivity index (χ0) is 11.5. The third-order valence-corrected chi connectivity index (χ3v) is 2.88. The molecule has 1 aliphatic rings. The largest absolute Gasteiger partial charge is 0.312 e. The van der Waals surface area contributed by atoms with Crippen LogP contribution in [0.15, 0.2) is 18.2 Å². The summed E-state index contributed by atoms with van der Waals surface area (Å²) in [6, 6.07) is 4.76. The second kappa shape index (κ2) is 4.89. The summed E-state index contributed by atoms with van der Waals surface area (Å²) in [5.74, 6) is -1.48. The summed E-state index contributed by atoms with van der Waals surface area (Å²) in [5.41, 5.74) is 0.439. The van der Waals surface area contributed by atoms with E-state index in [2.05, 4.69) is 17.1 Å². The topological polar surface area (TPSA) is 15.3 Å². The summed E-state index contributed by atoms with van der Waals surface area (Å²) < 4.78 is 26.4. The van der Waals surface area contributed by atoms with Gasteiger partial charge in [0.25, 0.3) is 0 Å². The van der Waals surface area contributed by atoms with E-state index in [-0.39, 0.29) is 0 Å². The van der Waals surface area contributed by atoms with E-state index in [0.29, 0.717) is 18.2 Å². The van der Waals surface area contributed by atoms with Crippen LogP contribution in [-0.2, 0) is 6.54 Å². The maximum Gasteiger partial charge on any atom is 0.163 e. The van der Waals surface area contributed by atoms with Gasteiger partial charge in [0.05, 0.1) is 0 Å². The van der Waals surface area contributed by atoms with Gasteiger partial charge in [-0.2, -0.15) is 0 Å². The quantitative estimate of drug-likeness (QED) is 0.826. The van der Waals surface area contributed by atoms with Crippen LogP contribution in [0.5, 0.6) is 0 Å². The van der Waals surface area contributed by atoms with Gasteiger partial charge in [0, 0.05) is 37.8 Å². The molecule has 0 aromatic heterocycles. The van der Waals surface area contributed by atoms with Crippen molar-refractivity contribution in [3.05, 3.63) is 35.4 Å². The molecule has 0 saturated carbocycles. The number of piperazine rings is 1. The number of nitrogens with one attached hydrogen (secondary N) is 1. The van der Waals surface area contributed by atoms with Gasteiger partial charge in [-0.3, -0.25) is 4.90 Å². The molecule has 0 spiro atoms. The first kappa shape index (κ1) is 11.5. The van der Waals surface area contributed by atoms with E-state index >= 15 is 0 Å². The second-order valence-electron chi connectivity index (χ2n) is 4.30. The van der Waals surface area contributed by atoms with E-state index < -0.39 is 11.6 Å². The van der Waals surface area contributed by atoms with Crippen LogP contribution < -0.4 is 5.32 Å². The molecule has 0 bridgehead atoms. The zero-order valence-corrected chi connectivity index (χ0v) is 9.34. The number of halogens is 2. The average Bonchev–Trinajstić information content (AvgIpc) is 2.25. The molecule has 0 aliphatic carbocycles. The maximum atomic E-state index is 13.4. The standard InChI is InChI=1S/C12H16F2N2/c1-9-7-16(6-5-15-9)8-10-3-2-4-11(13)12(10)14/h2-4,9,15H,5-8H2,1H3/t9-/m0/s1. The fourth-order valence-electron chi connectivity index (χ4n) is 2.07. The van der Waals surface area contributed by atoms with Gasteiger partial charge in [0.1, 0.15) is 0 Å². The lowest BCUT2D eigenvalue weighted by molar-refractivity contribution is 0.197. The second-order valence-corrected chi connectivity index (χ2v) is 4.30. The number of hydrogen-bond donors (Lipinski definition) is 1. The van der Waals surface area contributed by atoms with Gasteiger partial charge in [-0.15, -0.1) is 0 Å². The molecule has 1 heterocycles. The van der Waals surface area contributed by atoms with Crippen molar-refractivity contribution in [1.29, 1.82) is 0 Å². The van der Waals surface area contributed by atoms with E-state index in [1.54, 1.807) is 12.1 Å². The number of rotatable bonds is 2. The fourth-order valence-corrected chi connectivity index (χ4v) is 2.07. The van der Waals surface area contributed by atoms with Crippen LogP contribution in [0.3, 0.4) is 0 Å². The molecule has 2 rings (SSSR count). The van der Waals surface area contributed by atoms with Crippen molar-refractivity contribution >= 4 is 0 Å². The van der Waals surface area contributed by atoms with Crippen molar-refractivity contribution in [2.24, 2.45) is 0 Å². The minimum atomic E-state index is -0.763. The average molecular weight is 226 g/mol. The molecule has 0 unspecified atom stereocenters. The van der Waals surface area contributed by atoms with Crippen LogP contribution >= 0.6 is 0 Å². The minimum Gasteiger partial charge on any atom is -0.312 e. The Labute approximate surface area is 94.3 Å². The predicted molar refractivity (Wildman–Crippen MR) is 59.1 cm³/mol. The smallest absolute Gasteiger partial charge is 0.163 e. The van der Waals surface area contributed by atoms with Crippen molar-refractivity contribution in [2.75, 3.05) is 19.6 Å². The molecule has 16 heavy (non-hydrogen) atoms. The Bertz CT molecular complexity index is 368. The zero-order valence-electron chi connectivity index (χ0n) is 9.34. The Morgan fingerprint density at radius 2 is 2.25 bits per heavy atom. The molecule has 0 amide bonds. The molecule has 2 nitrogen and oxygen atoms in total. The minimum absolute atomic E-state index is 0.408. The summed E-state index contributed by atoms with van der Waals surface area (Å²) in [7, 11) is 0. The Hall–Kier alpha value is -1.00. The number of nitrogens with zero attached hydrogens (tertiary/aromatic N) is 1. The molecule has 1 N–H and O–H groups in total. The van der Waals surface area contributed by atoms with Gasteiger partial charge in [-0.05, 0) is 13.0 Å². The Kier molecular flexibility index (Phi) is 3.51. The van der Waals surface area contributed by atoms with Gasteiger partial charge < -0.3 is 5.32 Å². The highest BCUT2D eigenvalue weighted by Crippen LogP contribution is 2.14. The van der Waals surface area contributed by atoms with Crippen molar-refractivity contribution in [3.8, 4) is 0 Å². The third-order valence-electron chi connectivity index (χ3n) is 2.88. The molecule has 1 saturated heterocycles. The van der Waals surface area contributed by atoms with Gasteiger partial charge in [-0.1, -0.05) is 12.1 Å². The van der Waals surface area contributed by atoms with Crippen LogP contribution in [0.2, 0.25) is 0 Å². The molecule has 1 aliphatic heterocycles. The normalized spacial score (nSPS) is 22.3. The fraction of sp³-hybridized carbons (Fsp3) is 0.500. The Balaban J connectivity index is 2.05. The van der Waals surface area contributed by atoms with E-state index in [9.17, 15) is 8.78 Å². The molecule has 1 atom stereocenters. The predicted octanol–water partition coefficient (Wildman–Crippen LogP) is 1.76. The van der Waals surface area contributed by atoms with Crippen LogP contribution in [0.4, 0.5) is 8.78 Å². The molecule has 1 aromatic rings. The number of benzene rings is 1. The van der Waals surface area contributed by atoms with Crippen molar-refractivity contribution in [3.63, 3.8) is 0 Å². The summed E-state index contributed by atoms with van der Waals surface area (Å²) >= 11 is 0. The monoisotopic (exact) mass is 226 g/mol. The van der Waals surface area contributed by atoms with Crippen molar-refractivity contribution in [1.82, 2.24) is 10.2 Å². The summed E-state index contributed by atoms with van der Waals surface area (Å²) in [6.07, 6.45) is 0. The highest BCUT2D eigenvalue weighted by molar-refractivity contribution is 5.18. The molecule has 0 radical (unpaired) electrons. The molecule has 1 aromatic carbocycles. The Morgan fingerprint density at radius 1 is 1.44 bits per heavy atom. The third kappa shape index (κ3) is 2.57. The van der Waals surface area contributed by atoms with Crippen LogP contribution in [0, 0.1) is 11.6 Å². The molecule has 1 fully saturated rings. The van der Waals surface area contributed by atoms with E-state index in [0.717, 1.165) is 25.7 Å². The van der Waals surface area contributed by atoms with Crippen molar-refractivity contribution < 1.29 is 8.78 Å². The lowest BCUT2D eigenvalue weighted by Gasteiger charge is -2.31. The van der Waals surface area contributed by atoms with Crippen LogP contribution in [0.25, 0.3) is 0 Å². The first-order valence-electron chi connectivity index (χ1n) is 5.55. The summed E-state index contributed by atoms with van der Waals surface area (Å²) in [5, 5.41) is 3.31. The highest BCUT2D eigenvalue weighted by atomic mass is 19.2. The van der Waals surface area contributed by atoms with Gasteiger partial charge in [0.15, 0.2) is 11.6 Å². The molecular formula is C12H16F2N2. The highest BCUT2D eigenvalue weighted by Gasteiger charge is 2.17. The number of hydrogen-bond acceptors (Lipinski definition) is 2. The molecular weight excluding hydrogens is 210 g/mol. The Morgan fingerprint density at radius 3 is 3.00 bits per heavy atom. The summed E-state index contributed by atoms with van der Waals surface area (Å²) in [4.78, 5) is 2.14. The van der Waals surface area contributed by atoms with Crippen molar-refractivity contribution in [2.45, 2.75) is 19.5 Å². The van der Waals surface area contributed by atoms with Crippen LogP contribution in [0.1, 0.15) is 12.5 Å². The first-order chi connectivity index (χ1) is 7.66. The SMILES string of the molecule is C[C@H]1CN(Cc2cccc(F)c2F)CCN1. The van der Waals surface area contributed by atoms with Gasteiger partial charge in [0.2, 0.25) is 0 Å². The van der Waals surface area contributed by atoms with E-state index in [1.807, 2.05) is 0 Å². The van der Waals surface area contributed by atoms with E-state index in [1.165, 1.54) is 0 Å². The lowest BCUT2D eigenvalue weighted by Crippen LogP contribution is -2.48. The molecule has 88 valence electrons. The summed E-state index contributed by atoms with van der Waals surface area (Å²) in [6.45, 7) is 5.22. The van der Waals surface area contributed by atoms with Gasteiger partial charge in [-0.25, -0.2) is 8.78 Å². The molecule has 4 heteroatoms.